The van der Waals surface area contributed by atoms with E-state index in [4.69, 9.17) is 4.42 Å². The Hall–Kier alpha value is -2.43. The monoisotopic (exact) mass is 463 g/mol. The number of halogens is 4. The molecule has 2 nitrogen and oxygen atoms in total. The second-order valence-electron chi connectivity index (χ2n) is 5.94. The van der Waals surface area contributed by atoms with Gasteiger partial charge in [0.2, 0.25) is 0 Å². The number of nitrogens with zero attached hydrogens (tertiary/aromatic N) is 1. The van der Waals surface area contributed by atoms with Gasteiger partial charge in [0.1, 0.15) is 5.76 Å². The number of furan rings is 1. The van der Waals surface area contributed by atoms with Gasteiger partial charge in [-0.25, -0.2) is 0 Å². The molecule has 1 heterocycles. The van der Waals surface area contributed by atoms with Gasteiger partial charge in [-0.2, -0.15) is 18.4 Å². The largest absolute Gasteiger partial charge is 0.449 e. The number of rotatable bonds is 4. The lowest BCUT2D eigenvalue weighted by atomic mass is 10.0. The summed E-state index contributed by atoms with van der Waals surface area (Å²) < 4.78 is 44.6. The van der Waals surface area contributed by atoms with Crippen LogP contribution in [0.15, 0.2) is 73.5 Å². The van der Waals surface area contributed by atoms with Crippen LogP contribution in [0.4, 0.5) is 13.2 Å². The van der Waals surface area contributed by atoms with Crippen LogP contribution in [0.1, 0.15) is 22.5 Å². The third-order valence-electron chi connectivity index (χ3n) is 3.84. The first kappa shape index (κ1) is 20.3. The summed E-state index contributed by atoms with van der Waals surface area (Å²) in [5.41, 5.74) is 0.991. The maximum absolute atomic E-state index is 12.7. The Morgan fingerprint density at radius 3 is 2.32 bits per heavy atom. The number of allylic oxidation sites excluding steroid dienone is 1. The fourth-order valence-electron chi connectivity index (χ4n) is 2.38. The second-order valence-corrected chi connectivity index (χ2v) is 7.84. The molecule has 0 bridgehead atoms. The summed E-state index contributed by atoms with van der Waals surface area (Å²) in [7, 11) is 0. The van der Waals surface area contributed by atoms with Gasteiger partial charge in [0, 0.05) is 4.90 Å². The molecule has 0 aliphatic heterocycles. The third-order valence-corrected chi connectivity index (χ3v) is 5.68. The van der Waals surface area contributed by atoms with Crippen molar-refractivity contribution in [1.82, 2.24) is 0 Å². The quantitative estimate of drug-likeness (QED) is 0.374. The van der Waals surface area contributed by atoms with E-state index < -0.39 is 11.7 Å². The number of nitriles is 1. The topological polar surface area (TPSA) is 36.9 Å². The average Bonchev–Trinajstić information content (AvgIpc) is 3.00. The van der Waals surface area contributed by atoms with E-state index in [2.05, 4.69) is 15.9 Å². The van der Waals surface area contributed by atoms with Crippen LogP contribution in [0.2, 0.25) is 0 Å². The van der Waals surface area contributed by atoms with Crippen LogP contribution >= 0.6 is 27.7 Å². The van der Waals surface area contributed by atoms with Crippen LogP contribution in [-0.2, 0) is 6.18 Å². The highest BCUT2D eigenvalue weighted by atomic mass is 79.9. The van der Waals surface area contributed by atoms with Crippen molar-refractivity contribution in [2.75, 3.05) is 0 Å². The van der Waals surface area contributed by atoms with Crippen LogP contribution in [-0.4, -0.2) is 0 Å². The van der Waals surface area contributed by atoms with Crippen molar-refractivity contribution in [2.45, 2.75) is 23.1 Å². The fourth-order valence-corrected chi connectivity index (χ4v) is 3.71. The van der Waals surface area contributed by atoms with E-state index in [1.54, 1.807) is 6.07 Å². The Balaban J connectivity index is 1.85. The van der Waals surface area contributed by atoms with Crippen molar-refractivity contribution >= 4 is 39.3 Å². The molecule has 0 radical (unpaired) electrons. The lowest BCUT2D eigenvalue weighted by molar-refractivity contribution is -0.137. The second kappa shape index (κ2) is 8.29. The van der Waals surface area contributed by atoms with Crippen molar-refractivity contribution in [3.63, 3.8) is 0 Å². The Morgan fingerprint density at radius 2 is 1.75 bits per heavy atom. The molecular weight excluding hydrogens is 451 g/mol. The van der Waals surface area contributed by atoms with Gasteiger partial charge in [0.15, 0.2) is 5.09 Å². The van der Waals surface area contributed by atoms with Gasteiger partial charge in [0.25, 0.3) is 0 Å². The Labute approximate surface area is 172 Å². The number of hydrogen-bond acceptors (Lipinski definition) is 3. The van der Waals surface area contributed by atoms with Gasteiger partial charge < -0.3 is 4.42 Å². The van der Waals surface area contributed by atoms with Crippen molar-refractivity contribution in [3.05, 3.63) is 81.5 Å². The van der Waals surface area contributed by atoms with Gasteiger partial charge >= 0.3 is 6.18 Å². The van der Waals surface area contributed by atoms with Gasteiger partial charge in [-0.3, -0.25) is 0 Å². The van der Waals surface area contributed by atoms with E-state index in [0.717, 1.165) is 27.1 Å². The first-order chi connectivity index (χ1) is 13.3. The summed E-state index contributed by atoms with van der Waals surface area (Å²) in [5, 5.41) is 10.0. The molecule has 3 aromatic rings. The van der Waals surface area contributed by atoms with Gasteiger partial charge in [0.05, 0.1) is 21.7 Å². The molecule has 2 aromatic carbocycles. The first-order valence-electron chi connectivity index (χ1n) is 8.09. The van der Waals surface area contributed by atoms with Gasteiger partial charge in [-0.05, 0) is 64.8 Å². The van der Waals surface area contributed by atoms with Crippen molar-refractivity contribution in [2.24, 2.45) is 0 Å². The highest BCUT2D eigenvalue weighted by Gasteiger charge is 2.30. The molecule has 28 heavy (non-hydrogen) atoms. The molecule has 1 aromatic heterocycles. The summed E-state index contributed by atoms with van der Waals surface area (Å²) in [5.74, 6) is 0.429. The zero-order valence-electron chi connectivity index (χ0n) is 14.5. The Morgan fingerprint density at radius 1 is 1.11 bits per heavy atom. The van der Waals surface area contributed by atoms with E-state index in [9.17, 15) is 18.4 Å². The highest BCUT2D eigenvalue weighted by molar-refractivity contribution is 9.10. The Bertz CT molecular complexity index is 1050. The molecule has 142 valence electrons. The molecule has 0 amide bonds. The van der Waals surface area contributed by atoms with E-state index in [1.165, 1.54) is 30.0 Å². The molecule has 0 aliphatic rings. The van der Waals surface area contributed by atoms with E-state index in [0.29, 0.717) is 16.4 Å². The zero-order valence-corrected chi connectivity index (χ0v) is 17.0. The molecular formula is C21H13BrF3NOS. The standard InChI is InChI=1S/C21H13BrF3NOS/c1-13-2-8-18(9-3-13)28-20-19(22)11-17(27-20)10-15(12-26)14-4-6-16(7-5-14)21(23,24)25/h2-11H,1H3/b15-10-. The zero-order chi connectivity index (χ0) is 20.3. The van der Waals surface area contributed by atoms with E-state index >= 15 is 0 Å². The predicted octanol–water partition coefficient (Wildman–Crippen LogP) is 7.58. The van der Waals surface area contributed by atoms with Crippen molar-refractivity contribution < 1.29 is 17.6 Å². The summed E-state index contributed by atoms with van der Waals surface area (Å²) in [6.45, 7) is 2.00. The smallest absolute Gasteiger partial charge is 0.416 e. The van der Waals surface area contributed by atoms with Crippen molar-refractivity contribution in [3.8, 4) is 6.07 Å². The minimum absolute atomic E-state index is 0.210. The number of aryl methyl sites for hydroxylation is 1. The number of benzene rings is 2. The normalized spacial score (nSPS) is 12.1. The lowest BCUT2D eigenvalue weighted by Gasteiger charge is -2.06. The molecule has 3 rings (SSSR count). The minimum atomic E-state index is -4.41. The molecule has 0 aliphatic carbocycles. The van der Waals surface area contributed by atoms with Crippen molar-refractivity contribution in [1.29, 1.82) is 5.26 Å². The molecule has 7 heteroatoms. The molecule has 0 N–H and O–H groups in total. The summed E-state index contributed by atoms with van der Waals surface area (Å²) in [6, 6.07) is 16.1. The summed E-state index contributed by atoms with van der Waals surface area (Å²) in [6.07, 6.45) is -2.91. The van der Waals surface area contributed by atoms with Crippen LogP contribution in [0.3, 0.4) is 0 Å². The van der Waals surface area contributed by atoms with E-state index in [1.807, 2.05) is 37.3 Å². The average molecular weight is 464 g/mol. The maximum atomic E-state index is 12.7. The molecule has 0 atom stereocenters. The van der Waals surface area contributed by atoms with Crippen LogP contribution in [0, 0.1) is 18.3 Å². The van der Waals surface area contributed by atoms with Gasteiger partial charge in [-0.1, -0.05) is 41.6 Å². The maximum Gasteiger partial charge on any atom is 0.416 e. The van der Waals surface area contributed by atoms with Gasteiger partial charge in [-0.15, -0.1) is 0 Å². The third kappa shape index (κ3) is 4.89. The highest BCUT2D eigenvalue weighted by Crippen LogP contribution is 2.37. The molecule has 0 saturated heterocycles. The van der Waals surface area contributed by atoms with Crippen LogP contribution < -0.4 is 0 Å². The minimum Gasteiger partial charge on any atom is -0.449 e. The van der Waals surface area contributed by atoms with Crippen LogP contribution in [0.25, 0.3) is 11.6 Å². The van der Waals surface area contributed by atoms with E-state index in [-0.39, 0.29) is 5.57 Å². The molecule has 0 saturated carbocycles. The van der Waals surface area contributed by atoms with Crippen LogP contribution in [0.5, 0.6) is 0 Å². The fraction of sp³-hybridized carbons (Fsp3) is 0.0952. The molecule has 0 fully saturated rings. The SMILES string of the molecule is Cc1ccc(Sc2oc(/C=C(/C#N)c3ccc(C(F)(F)F)cc3)cc2Br)cc1. The molecule has 0 unspecified atom stereocenters. The summed E-state index contributed by atoms with van der Waals surface area (Å²) >= 11 is 4.87. The Kier molecular flexibility index (Phi) is 6.01. The first-order valence-corrected chi connectivity index (χ1v) is 9.70. The number of alkyl halides is 3. The lowest BCUT2D eigenvalue weighted by Crippen LogP contribution is -2.04. The number of hydrogen-bond donors (Lipinski definition) is 0. The predicted molar refractivity (Wildman–Crippen MR) is 107 cm³/mol. The summed E-state index contributed by atoms with van der Waals surface area (Å²) in [4.78, 5) is 0.999. The molecule has 0 spiro atoms.